The molecule has 3 heterocycles. The molecule has 1 aromatic heterocycles. The number of halogens is 3. The number of H-pyrrole nitrogens is 1. The van der Waals surface area contributed by atoms with E-state index in [9.17, 15) is 18.0 Å². The third kappa shape index (κ3) is 3.94. The molecule has 6 rings (SSSR count). The Kier molecular flexibility index (Phi) is 5.36. The second-order valence-electron chi connectivity index (χ2n) is 9.17. The number of fused-ring (bicyclic) bond motifs is 4. The maximum Gasteiger partial charge on any atom is 0.416 e. The Hall–Kier alpha value is -4.00. The Morgan fingerprint density at radius 3 is 2.75 bits per heavy atom. The molecule has 1 amide bonds. The Bertz CT molecular complexity index is 1500. The normalized spacial score (nSPS) is 17.3. The third-order valence-corrected chi connectivity index (χ3v) is 6.98. The van der Waals surface area contributed by atoms with E-state index in [4.69, 9.17) is 4.74 Å². The van der Waals surface area contributed by atoms with E-state index in [0.29, 0.717) is 25.1 Å². The molecule has 1 atom stereocenters. The molecule has 2 aliphatic heterocycles. The van der Waals surface area contributed by atoms with Crippen molar-refractivity contribution in [3.8, 4) is 5.75 Å². The first-order valence-electron chi connectivity index (χ1n) is 11.9. The molecule has 0 saturated carbocycles. The number of hydrogen-bond donors (Lipinski definition) is 1. The van der Waals surface area contributed by atoms with Crippen LogP contribution in [0.5, 0.6) is 5.75 Å². The van der Waals surface area contributed by atoms with Gasteiger partial charge >= 0.3 is 6.18 Å². The molecule has 4 nitrogen and oxygen atoms in total. The summed E-state index contributed by atoms with van der Waals surface area (Å²) in [5.41, 5.74) is 4.87. The van der Waals surface area contributed by atoms with E-state index in [1.807, 2.05) is 30.3 Å². The van der Waals surface area contributed by atoms with Crippen molar-refractivity contribution in [1.82, 2.24) is 9.88 Å². The molecule has 7 heteroatoms. The molecule has 182 valence electrons. The zero-order chi connectivity index (χ0) is 24.9. The smallest absolute Gasteiger partial charge is 0.416 e. The number of hydrogen-bond acceptors (Lipinski definition) is 2. The van der Waals surface area contributed by atoms with Crippen LogP contribution in [-0.4, -0.2) is 28.9 Å². The molecule has 2 aliphatic rings. The monoisotopic (exact) mass is 488 g/mol. The molecule has 0 bridgehead atoms. The highest BCUT2D eigenvalue weighted by atomic mass is 19.4. The summed E-state index contributed by atoms with van der Waals surface area (Å²) in [7, 11) is 0. The fraction of sp³-hybridized carbons (Fsp3) is 0.207. The van der Waals surface area contributed by atoms with Gasteiger partial charge in [0.25, 0.3) is 0 Å². The number of aromatic amines is 1. The van der Waals surface area contributed by atoms with Crippen molar-refractivity contribution in [1.29, 1.82) is 0 Å². The number of alkyl halides is 3. The molecular weight excluding hydrogens is 465 g/mol. The van der Waals surface area contributed by atoms with Crippen molar-refractivity contribution in [3.63, 3.8) is 0 Å². The van der Waals surface area contributed by atoms with Gasteiger partial charge in [-0.25, -0.2) is 0 Å². The lowest BCUT2D eigenvalue weighted by Crippen LogP contribution is -2.39. The third-order valence-electron chi connectivity index (χ3n) is 6.98. The molecule has 4 aromatic rings. The van der Waals surface area contributed by atoms with Gasteiger partial charge in [-0.1, -0.05) is 36.4 Å². The van der Waals surface area contributed by atoms with E-state index in [0.717, 1.165) is 52.0 Å². The summed E-state index contributed by atoms with van der Waals surface area (Å²) in [5, 5.41) is 1.15. The van der Waals surface area contributed by atoms with Crippen molar-refractivity contribution < 1.29 is 22.7 Å². The van der Waals surface area contributed by atoms with Gasteiger partial charge in [0.15, 0.2) is 0 Å². The van der Waals surface area contributed by atoms with Crippen LogP contribution in [-0.2, 0) is 23.8 Å². The van der Waals surface area contributed by atoms with Gasteiger partial charge in [0.05, 0.1) is 18.2 Å². The quantitative estimate of drug-likeness (QED) is 0.344. The number of aromatic nitrogens is 1. The minimum Gasteiger partial charge on any atom is -0.493 e. The molecule has 3 aromatic carbocycles. The topological polar surface area (TPSA) is 45.3 Å². The van der Waals surface area contributed by atoms with Gasteiger partial charge in [-0.3, -0.25) is 4.79 Å². The standard InChI is InChI=1S/C29H23F3N2O2/c30-29(31,32)21-5-3-4-18(16-21)8-11-26(35)34-14-12-23-22-6-1-2-7-24(22)33-27(23)28(34)20-9-10-25-19(17-20)13-15-36-25/h1-11,16-17,28,33H,12-15H2/t28-/m1/s1. The number of carbonyl (C=O) groups is 1. The number of rotatable bonds is 3. The molecule has 1 N–H and O–H groups in total. The average molecular weight is 489 g/mol. The second-order valence-corrected chi connectivity index (χ2v) is 9.17. The number of nitrogens with zero attached hydrogens (tertiary/aromatic N) is 1. The van der Waals surface area contributed by atoms with Crippen LogP contribution in [0.2, 0.25) is 0 Å². The second kappa shape index (κ2) is 8.59. The Morgan fingerprint density at radius 1 is 1.03 bits per heavy atom. The van der Waals surface area contributed by atoms with Gasteiger partial charge in [-0.2, -0.15) is 13.2 Å². The average Bonchev–Trinajstić information content (AvgIpc) is 3.50. The zero-order valence-corrected chi connectivity index (χ0v) is 19.3. The van der Waals surface area contributed by atoms with Crippen LogP contribution >= 0.6 is 0 Å². The van der Waals surface area contributed by atoms with E-state index in [1.54, 1.807) is 11.0 Å². The minimum atomic E-state index is -4.44. The van der Waals surface area contributed by atoms with Crippen LogP contribution in [0.4, 0.5) is 13.2 Å². The molecule has 0 saturated heterocycles. The molecule has 0 radical (unpaired) electrons. The number of ether oxygens (including phenoxy) is 1. The van der Waals surface area contributed by atoms with E-state index >= 15 is 0 Å². The van der Waals surface area contributed by atoms with E-state index in [-0.39, 0.29) is 11.9 Å². The summed E-state index contributed by atoms with van der Waals surface area (Å²) < 4.78 is 45.0. The predicted molar refractivity (Wildman–Crippen MR) is 132 cm³/mol. The SMILES string of the molecule is O=C(C=Cc1cccc(C(F)(F)F)c1)N1CCc2c([nH]c3ccccc23)[C@H]1c1ccc2c(c1)CCO2. The van der Waals surface area contributed by atoms with Crippen LogP contribution in [0.25, 0.3) is 17.0 Å². The summed E-state index contributed by atoms with van der Waals surface area (Å²) in [5.74, 6) is 0.618. The molecule has 0 spiro atoms. The lowest BCUT2D eigenvalue weighted by molar-refractivity contribution is -0.137. The molecule has 0 aliphatic carbocycles. The van der Waals surface area contributed by atoms with Crippen molar-refractivity contribution in [2.24, 2.45) is 0 Å². The van der Waals surface area contributed by atoms with Gasteiger partial charge in [-0.15, -0.1) is 0 Å². The summed E-state index contributed by atoms with van der Waals surface area (Å²) in [4.78, 5) is 18.8. The predicted octanol–water partition coefficient (Wildman–Crippen LogP) is 6.31. The molecule has 0 unspecified atom stereocenters. The van der Waals surface area contributed by atoms with Gasteiger partial charge in [0, 0.05) is 35.6 Å². The lowest BCUT2D eigenvalue weighted by Gasteiger charge is -2.36. The fourth-order valence-corrected chi connectivity index (χ4v) is 5.28. The highest BCUT2D eigenvalue weighted by Crippen LogP contribution is 2.40. The van der Waals surface area contributed by atoms with Crippen molar-refractivity contribution >= 4 is 22.9 Å². The van der Waals surface area contributed by atoms with Crippen molar-refractivity contribution in [3.05, 3.63) is 106 Å². The Labute approximate surface area is 206 Å². The number of benzene rings is 3. The Balaban J connectivity index is 1.38. The first-order chi connectivity index (χ1) is 17.4. The maximum atomic E-state index is 13.5. The van der Waals surface area contributed by atoms with Gasteiger partial charge in [-0.05, 0) is 65.1 Å². The summed E-state index contributed by atoms with van der Waals surface area (Å²) in [6.07, 6.45) is -0.112. The highest BCUT2D eigenvalue weighted by molar-refractivity contribution is 5.93. The summed E-state index contributed by atoms with van der Waals surface area (Å²) in [6, 6.07) is 18.8. The van der Waals surface area contributed by atoms with E-state index in [1.165, 1.54) is 23.8 Å². The van der Waals surface area contributed by atoms with Crippen LogP contribution in [0.15, 0.2) is 72.8 Å². The molecule has 36 heavy (non-hydrogen) atoms. The fourth-order valence-electron chi connectivity index (χ4n) is 5.28. The molecular formula is C29H23F3N2O2. The number of carbonyl (C=O) groups excluding carboxylic acids is 1. The number of amides is 1. The van der Waals surface area contributed by atoms with Crippen LogP contribution in [0.1, 0.15) is 39.6 Å². The van der Waals surface area contributed by atoms with E-state index in [2.05, 4.69) is 17.1 Å². The maximum absolute atomic E-state index is 13.5. The number of para-hydroxylation sites is 1. The van der Waals surface area contributed by atoms with Crippen molar-refractivity contribution in [2.45, 2.75) is 25.1 Å². The Morgan fingerprint density at radius 2 is 1.89 bits per heavy atom. The first kappa shape index (κ1) is 22.5. The first-order valence-corrected chi connectivity index (χ1v) is 11.9. The van der Waals surface area contributed by atoms with Gasteiger partial charge < -0.3 is 14.6 Å². The minimum absolute atomic E-state index is 0.251. The van der Waals surface area contributed by atoms with Crippen LogP contribution < -0.4 is 4.74 Å². The van der Waals surface area contributed by atoms with Gasteiger partial charge in [0.1, 0.15) is 5.75 Å². The van der Waals surface area contributed by atoms with Crippen molar-refractivity contribution in [2.75, 3.05) is 13.2 Å². The van der Waals surface area contributed by atoms with E-state index < -0.39 is 11.7 Å². The summed E-state index contributed by atoms with van der Waals surface area (Å²) >= 11 is 0. The van der Waals surface area contributed by atoms with Crippen LogP contribution in [0.3, 0.4) is 0 Å². The largest absolute Gasteiger partial charge is 0.493 e. The summed E-state index contributed by atoms with van der Waals surface area (Å²) in [6.45, 7) is 1.14. The van der Waals surface area contributed by atoms with Gasteiger partial charge in [0.2, 0.25) is 5.91 Å². The molecule has 0 fully saturated rings. The lowest BCUT2D eigenvalue weighted by atomic mass is 9.91. The zero-order valence-electron chi connectivity index (χ0n) is 19.3. The van der Waals surface area contributed by atoms with Crippen LogP contribution in [0, 0.1) is 0 Å². The highest BCUT2D eigenvalue weighted by Gasteiger charge is 2.34. The number of nitrogens with one attached hydrogen (secondary N) is 1.